The summed E-state index contributed by atoms with van der Waals surface area (Å²) in [5.41, 5.74) is 1.02. The van der Waals surface area contributed by atoms with Crippen molar-refractivity contribution in [1.82, 2.24) is 0 Å². The summed E-state index contributed by atoms with van der Waals surface area (Å²) in [5.74, 6) is -0.354. The monoisotopic (exact) mass is 272 g/mol. The number of rotatable bonds is 3. The summed E-state index contributed by atoms with van der Waals surface area (Å²) in [7, 11) is 0. The van der Waals surface area contributed by atoms with E-state index in [4.69, 9.17) is 9.59 Å². The molecule has 5 nitrogen and oxygen atoms in total. The Balaban J connectivity index is 0.000000612. The van der Waals surface area contributed by atoms with Crippen molar-refractivity contribution in [3.05, 3.63) is 59.7 Å². The van der Waals surface area contributed by atoms with Gasteiger partial charge in [0.25, 0.3) is 0 Å². The highest BCUT2D eigenvalue weighted by Crippen LogP contribution is 2.23. The molecule has 102 valence electrons. The zero-order chi connectivity index (χ0) is 15.0. The molecule has 0 atom stereocenters. The summed E-state index contributed by atoms with van der Waals surface area (Å²) in [5, 5.41) is 18.8. The van der Waals surface area contributed by atoms with E-state index < -0.39 is 0 Å². The van der Waals surface area contributed by atoms with E-state index in [0.717, 1.165) is 5.56 Å². The zero-order valence-electron chi connectivity index (χ0n) is 10.4. The fourth-order valence-electron chi connectivity index (χ4n) is 1.62. The SMILES string of the molecule is O=C(Cc1ccccc1)c1cc(O)ccc1O.O=C=O. The second kappa shape index (κ2) is 7.51. The first-order valence-electron chi connectivity index (χ1n) is 5.67. The van der Waals surface area contributed by atoms with Crippen LogP contribution in [0.1, 0.15) is 15.9 Å². The van der Waals surface area contributed by atoms with Gasteiger partial charge in [-0.2, -0.15) is 9.59 Å². The lowest BCUT2D eigenvalue weighted by molar-refractivity contribution is -0.191. The van der Waals surface area contributed by atoms with Gasteiger partial charge in [0, 0.05) is 6.42 Å². The quantitative estimate of drug-likeness (QED) is 0.658. The van der Waals surface area contributed by atoms with Gasteiger partial charge in [0.15, 0.2) is 5.78 Å². The largest absolute Gasteiger partial charge is 0.508 e. The molecule has 0 amide bonds. The molecule has 0 aliphatic carbocycles. The number of phenols is 2. The molecule has 0 radical (unpaired) electrons. The lowest BCUT2D eigenvalue weighted by Crippen LogP contribution is -2.03. The number of phenolic OH excluding ortho intramolecular Hbond substituents is 2. The molecule has 0 aliphatic rings. The molecule has 2 N–H and O–H groups in total. The highest BCUT2D eigenvalue weighted by atomic mass is 16.3. The van der Waals surface area contributed by atoms with E-state index in [9.17, 15) is 15.0 Å². The maximum Gasteiger partial charge on any atom is 0.373 e. The predicted molar refractivity (Wildman–Crippen MR) is 69.3 cm³/mol. The molecule has 0 unspecified atom stereocenters. The van der Waals surface area contributed by atoms with Crippen LogP contribution >= 0.6 is 0 Å². The average molecular weight is 272 g/mol. The van der Waals surface area contributed by atoms with Gasteiger partial charge in [0.1, 0.15) is 11.5 Å². The Bertz CT molecular complexity index is 613. The number of aromatic hydroxyl groups is 2. The Labute approximate surface area is 115 Å². The Morgan fingerprint density at radius 3 is 2.20 bits per heavy atom. The molecular formula is C15H12O5. The van der Waals surface area contributed by atoms with Crippen molar-refractivity contribution in [3.8, 4) is 11.5 Å². The number of carbonyl (C=O) groups excluding carboxylic acids is 3. The number of benzene rings is 2. The number of ketones is 1. The van der Waals surface area contributed by atoms with Crippen LogP contribution in [0.25, 0.3) is 0 Å². The maximum absolute atomic E-state index is 11.9. The van der Waals surface area contributed by atoms with Gasteiger partial charge >= 0.3 is 6.15 Å². The second-order valence-electron chi connectivity index (χ2n) is 3.87. The predicted octanol–water partition coefficient (Wildman–Crippen LogP) is 1.94. The fourth-order valence-corrected chi connectivity index (χ4v) is 1.62. The Hall–Kier alpha value is -2.91. The average Bonchev–Trinajstić information content (AvgIpc) is 2.43. The van der Waals surface area contributed by atoms with Gasteiger partial charge in [0.2, 0.25) is 0 Å². The van der Waals surface area contributed by atoms with Gasteiger partial charge in [-0.3, -0.25) is 4.79 Å². The summed E-state index contributed by atoms with van der Waals surface area (Å²) in [6, 6.07) is 13.2. The number of hydrogen-bond donors (Lipinski definition) is 2. The molecule has 0 aromatic heterocycles. The molecule has 0 spiro atoms. The summed E-state index contributed by atoms with van der Waals surface area (Å²) in [4.78, 5) is 28.2. The van der Waals surface area contributed by atoms with Gasteiger partial charge in [-0.15, -0.1) is 0 Å². The van der Waals surface area contributed by atoms with Gasteiger partial charge in [-0.05, 0) is 23.8 Å². The van der Waals surface area contributed by atoms with E-state index in [2.05, 4.69) is 0 Å². The number of Topliss-reactive ketones (excluding diaryl/α,β-unsaturated/α-hetero) is 1. The van der Waals surface area contributed by atoms with Crippen LogP contribution in [-0.2, 0) is 16.0 Å². The first-order valence-corrected chi connectivity index (χ1v) is 5.67. The Kier molecular flexibility index (Phi) is 5.69. The van der Waals surface area contributed by atoms with E-state index >= 15 is 0 Å². The minimum absolute atomic E-state index is 0.0285. The molecule has 2 aromatic rings. The molecule has 2 aromatic carbocycles. The lowest BCUT2D eigenvalue weighted by Gasteiger charge is -2.04. The molecule has 20 heavy (non-hydrogen) atoms. The van der Waals surface area contributed by atoms with Gasteiger partial charge in [0.05, 0.1) is 5.56 Å². The fraction of sp³-hybridized carbons (Fsp3) is 0.0667. The van der Waals surface area contributed by atoms with E-state index in [1.54, 1.807) is 0 Å². The smallest absolute Gasteiger partial charge is 0.373 e. The highest BCUT2D eigenvalue weighted by molar-refractivity contribution is 6.00. The van der Waals surface area contributed by atoms with Gasteiger partial charge in [-0.1, -0.05) is 30.3 Å². The normalized spacial score (nSPS) is 9.00. The van der Waals surface area contributed by atoms with Crippen LogP contribution in [0.3, 0.4) is 0 Å². The molecule has 0 fully saturated rings. The molecular weight excluding hydrogens is 260 g/mol. The molecule has 0 bridgehead atoms. The van der Waals surface area contributed by atoms with Crippen LogP contribution in [0.5, 0.6) is 11.5 Å². The Morgan fingerprint density at radius 2 is 1.60 bits per heavy atom. The molecule has 5 heteroatoms. The summed E-state index contributed by atoms with van der Waals surface area (Å²) >= 11 is 0. The standard InChI is InChI=1S/C14H12O3.CO2/c15-11-6-7-13(16)12(9-11)14(17)8-10-4-2-1-3-5-10;2-1-3/h1-7,9,15-16H,8H2;. The maximum atomic E-state index is 11.9. The molecule has 0 aliphatic heterocycles. The van der Waals surface area contributed by atoms with Crippen LogP contribution in [0.2, 0.25) is 0 Å². The first kappa shape index (κ1) is 15.1. The molecule has 0 saturated carbocycles. The summed E-state index contributed by atoms with van der Waals surface area (Å²) < 4.78 is 0. The van der Waals surface area contributed by atoms with E-state index in [0.29, 0.717) is 0 Å². The summed E-state index contributed by atoms with van der Waals surface area (Å²) in [6.45, 7) is 0. The third-order valence-corrected chi connectivity index (χ3v) is 2.49. The van der Waals surface area contributed by atoms with Crippen LogP contribution < -0.4 is 0 Å². The van der Waals surface area contributed by atoms with Gasteiger partial charge in [-0.25, -0.2) is 0 Å². The number of carbonyl (C=O) groups is 1. The highest BCUT2D eigenvalue weighted by Gasteiger charge is 2.12. The third-order valence-electron chi connectivity index (χ3n) is 2.49. The molecule has 0 saturated heterocycles. The summed E-state index contributed by atoms with van der Waals surface area (Å²) in [6.07, 6.45) is 0.456. The van der Waals surface area contributed by atoms with Crippen LogP contribution in [0.15, 0.2) is 48.5 Å². The minimum atomic E-state index is -0.218. The second-order valence-corrected chi connectivity index (χ2v) is 3.87. The van der Waals surface area contributed by atoms with Crippen molar-refractivity contribution >= 4 is 11.9 Å². The van der Waals surface area contributed by atoms with E-state index in [1.807, 2.05) is 30.3 Å². The number of hydrogen-bond acceptors (Lipinski definition) is 5. The molecule has 2 rings (SSSR count). The lowest BCUT2D eigenvalue weighted by atomic mass is 10.0. The van der Waals surface area contributed by atoms with Crippen molar-refractivity contribution in [2.24, 2.45) is 0 Å². The van der Waals surface area contributed by atoms with E-state index in [1.165, 1.54) is 18.2 Å². The van der Waals surface area contributed by atoms with Crippen LogP contribution in [-0.4, -0.2) is 22.1 Å². The van der Waals surface area contributed by atoms with Gasteiger partial charge < -0.3 is 10.2 Å². The Morgan fingerprint density at radius 1 is 1.00 bits per heavy atom. The molecule has 0 heterocycles. The van der Waals surface area contributed by atoms with Crippen molar-refractivity contribution < 1.29 is 24.6 Å². The van der Waals surface area contributed by atoms with Crippen molar-refractivity contribution in [2.45, 2.75) is 6.42 Å². The zero-order valence-corrected chi connectivity index (χ0v) is 10.4. The van der Waals surface area contributed by atoms with Crippen LogP contribution in [0.4, 0.5) is 0 Å². The topological polar surface area (TPSA) is 91.7 Å². The minimum Gasteiger partial charge on any atom is -0.508 e. The van der Waals surface area contributed by atoms with Crippen molar-refractivity contribution in [2.75, 3.05) is 0 Å². The first-order chi connectivity index (χ1) is 9.58. The van der Waals surface area contributed by atoms with E-state index in [-0.39, 0.29) is 35.4 Å². The van der Waals surface area contributed by atoms with Crippen molar-refractivity contribution in [3.63, 3.8) is 0 Å². The van der Waals surface area contributed by atoms with Crippen molar-refractivity contribution in [1.29, 1.82) is 0 Å². The third kappa shape index (κ3) is 4.40. The van der Waals surface area contributed by atoms with Crippen LogP contribution in [0, 0.1) is 0 Å².